The van der Waals surface area contributed by atoms with Crippen molar-refractivity contribution in [2.75, 3.05) is 20.2 Å². The number of piperidine rings is 1. The van der Waals surface area contributed by atoms with Crippen LogP contribution in [0.3, 0.4) is 0 Å². The maximum atomic E-state index is 12.6. The third-order valence-corrected chi connectivity index (χ3v) is 6.23. The number of nitrogens with one attached hydrogen (secondary N) is 1. The van der Waals surface area contributed by atoms with E-state index in [0.29, 0.717) is 24.6 Å². The fourth-order valence-electron chi connectivity index (χ4n) is 4.54. The van der Waals surface area contributed by atoms with Gasteiger partial charge in [0.25, 0.3) is 0 Å². The van der Waals surface area contributed by atoms with Crippen molar-refractivity contribution in [1.82, 2.24) is 20.0 Å². The molecule has 0 atom stereocenters. The molecule has 1 saturated heterocycles. The highest BCUT2D eigenvalue weighted by molar-refractivity contribution is 5.80. The van der Waals surface area contributed by atoms with E-state index < -0.39 is 6.36 Å². The highest BCUT2D eigenvalue weighted by Crippen LogP contribution is 2.30. The maximum Gasteiger partial charge on any atom is 0.573 e. The molecule has 4 rings (SSSR count). The number of hydrogen-bond acceptors (Lipinski definition) is 4. The van der Waals surface area contributed by atoms with Crippen LogP contribution in [0.5, 0.6) is 5.75 Å². The van der Waals surface area contributed by atoms with Gasteiger partial charge in [-0.15, -0.1) is 13.2 Å². The first-order valence-corrected chi connectivity index (χ1v) is 10.6. The lowest BCUT2D eigenvalue weighted by molar-refractivity contribution is -0.274. The fraction of sp³-hybridized carbons (Fsp3) is 0.619. The number of alkyl halides is 3. The van der Waals surface area contributed by atoms with Crippen LogP contribution >= 0.6 is 0 Å². The molecule has 0 spiro atoms. The Bertz CT molecular complexity index is 901. The molecule has 1 saturated carbocycles. The number of benzene rings is 1. The first-order valence-electron chi connectivity index (χ1n) is 10.6. The number of ether oxygens (including phenoxy) is 2. The molecule has 0 radical (unpaired) electrons. The molecule has 0 bridgehead atoms. The summed E-state index contributed by atoms with van der Waals surface area (Å²) in [7, 11) is 1.73. The average molecular weight is 440 g/mol. The summed E-state index contributed by atoms with van der Waals surface area (Å²) in [5, 5.41) is 8.12. The number of fused-ring (bicyclic) bond motifs is 1. The van der Waals surface area contributed by atoms with Gasteiger partial charge in [-0.05, 0) is 56.7 Å². The van der Waals surface area contributed by atoms with Crippen LogP contribution in [0.4, 0.5) is 18.0 Å². The van der Waals surface area contributed by atoms with Crippen molar-refractivity contribution in [3.05, 3.63) is 24.4 Å². The number of hydrogen-bond donors (Lipinski definition) is 1. The zero-order chi connectivity index (χ0) is 22.0. The van der Waals surface area contributed by atoms with E-state index in [9.17, 15) is 18.0 Å². The van der Waals surface area contributed by atoms with Gasteiger partial charge in [0.1, 0.15) is 5.75 Å². The van der Waals surface area contributed by atoms with Gasteiger partial charge in [0, 0.05) is 31.6 Å². The quantitative estimate of drug-likeness (QED) is 0.772. The summed E-state index contributed by atoms with van der Waals surface area (Å²) in [6.45, 7) is 1.22. The van der Waals surface area contributed by atoms with Gasteiger partial charge in [-0.25, -0.2) is 4.79 Å². The molecule has 1 N–H and O–H groups in total. The Balaban J connectivity index is 1.32. The van der Waals surface area contributed by atoms with E-state index >= 15 is 0 Å². The second-order valence-corrected chi connectivity index (χ2v) is 8.23. The third-order valence-electron chi connectivity index (χ3n) is 6.23. The van der Waals surface area contributed by atoms with Crippen LogP contribution in [0.2, 0.25) is 0 Å². The van der Waals surface area contributed by atoms with E-state index in [1.165, 1.54) is 12.1 Å². The molecule has 1 aliphatic carbocycles. The molecule has 2 aromatic rings. The minimum Gasteiger partial charge on any atom is -0.406 e. The second kappa shape index (κ2) is 8.94. The summed E-state index contributed by atoms with van der Waals surface area (Å²) >= 11 is 0. The van der Waals surface area contributed by atoms with Crippen LogP contribution in [-0.4, -0.2) is 59.4 Å². The van der Waals surface area contributed by atoms with Crippen molar-refractivity contribution in [2.24, 2.45) is 0 Å². The van der Waals surface area contributed by atoms with Gasteiger partial charge in [-0.3, -0.25) is 4.68 Å². The highest BCUT2D eigenvalue weighted by atomic mass is 19.4. The molecular formula is C21H27F3N4O3. The zero-order valence-electron chi connectivity index (χ0n) is 17.4. The summed E-state index contributed by atoms with van der Waals surface area (Å²) in [4.78, 5) is 14.5. The van der Waals surface area contributed by atoms with Crippen LogP contribution in [0.15, 0.2) is 24.4 Å². The van der Waals surface area contributed by atoms with E-state index in [2.05, 4.69) is 15.2 Å². The predicted molar refractivity (Wildman–Crippen MR) is 108 cm³/mol. The number of aromatic nitrogens is 2. The van der Waals surface area contributed by atoms with Crippen molar-refractivity contribution in [1.29, 1.82) is 0 Å². The number of likely N-dealkylation sites (tertiary alicyclic amines) is 1. The van der Waals surface area contributed by atoms with Crippen LogP contribution in [0.1, 0.15) is 44.6 Å². The predicted octanol–water partition coefficient (Wildman–Crippen LogP) is 4.24. The van der Waals surface area contributed by atoms with Crippen LogP contribution in [-0.2, 0) is 4.74 Å². The lowest BCUT2D eigenvalue weighted by atomic mass is 9.93. The summed E-state index contributed by atoms with van der Waals surface area (Å²) in [6.07, 6.45) is 2.39. The smallest absolute Gasteiger partial charge is 0.406 e. The molecule has 2 heterocycles. The lowest BCUT2D eigenvalue weighted by Crippen LogP contribution is -2.49. The normalized spacial score (nSPS) is 23.2. The number of urea groups is 1. The van der Waals surface area contributed by atoms with Crippen molar-refractivity contribution in [3.8, 4) is 5.75 Å². The molecule has 2 fully saturated rings. The monoisotopic (exact) mass is 440 g/mol. The van der Waals surface area contributed by atoms with Crippen LogP contribution in [0, 0.1) is 0 Å². The van der Waals surface area contributed by atoms with Crippen LogP contribution in [0.25, 0.3) is 10.9 Å². The van der Waals surface area contributed by atoms with Crippen molar-refractivity contribution in [2.45, 2.75) is 63.1 Å². The summed E-state index contributed by atoms with van der Waals surface area (Å²) in [6, 6.07) is 4.49. The molecule has 1 aliphatic heterocycles. The van der Waals surface area contributed by atoms with Gasteiger partial charge in [-0.1, -0.05) is 0 Å². The van der Waals surface area contributed by atoms with E-state index in [0.717, 1.165) is 44.0 Å². The van der Waals surface area contributed by atoms with Gasteiger partial charge in [0.2, 0.25) is 0 Å². The zero-order valence-corrected chi connectivity index (χ0v) is 17.4. The van der Waals surface area contributed by atoms with E-state index in [1.54, 1.807) is 19.4 Å². The van der Waals surface area contributed by atoms with Gasteiger partial charge >= 0.3 is 12.4 Å². The van der Waals surface area contributed by atoms with Gasteiger partial charge in [-0.2, -0.15) is 5.10 Å². The van der Waals surface area contributed by atoms with E-state index in [1.807, 2.05) is 9.58 Å². The molecule has 2 aliphatic rings. The van der Waals surface area contributed by atoms with Gasteiger partial charge < -0.3 is 19.7 Å². The average Bonchev–Trinajstić information content (AvgIpc) is 3.16. The van der Waals surface area contributed by atoms with E-state index in [4.69, 9.17) is 4.74 Å². The first-order chi connectivity index (χ1) is 14.8. The standard InChI is InChI=1S/C21H27F3N4O3/c1-30-17-4-2-15(3-5-17)26-20(29)27-10-8-16(9-11-27)28-19-7-6-18(31-21(22,23)24)12-14(19)13-25-28/h6-7,12-13,15-17H,2-5,8-11H2,1H3,(H,26,29)/t15-,17-. The van der Waals surface area contributed by atoms with Crippen LogP contribution < -0.4 is 10.1 Å². The fourth-order valence-corrected chi connectivity index (χ4v) is 4.54. The topological polar surface area (TPSA) is 68.6 Å². The minimum atomic E-state index is -4.72. The number of halogens is 3. The number of nitrogens with zero attached hydrogens (tertiary/aromatic N) is 3. The Morgan fingerprint density at radius 2 is 1.84 bits per heavy atom. The highest BCUT2D eigenvalue weighted by Gasteiger charge is 2.32. The summed E-state index contributed by atoms with van der Waals surface area (Å²) in [5.41, 5.74) is 0.757. The van der Waals surface area contributed by atoms with Crippen molar-refractivity contribution < 1.29 is 27.4 Å². The Morgan fingerprint density at radius 3 is 2.48 bits per heavy atom. The van der Waals surface area contributed by atoms with Gasteiger partial charge in [0.05, 0.1) is 23.9 Å². The Labute approximate surface area is 178 Å². The minimum absolute atomic E-state index is 0.0291. The molecule has 7 nitrogen and oxygen atoms in total. The molecule has 1 aromatic heterocycles. The van der Waals surface area contributed by atoms with E-state index in [-0.39, 0.29) is 23.9 Å². The molecule has 1 aromatic carbocycles. The Kier molecular flexibility index (Phi) is 6.27. The number of carbonyl (C=O) groups excluding carboxylic acids is 1. The summed E-state index contributed by atoms with van der Waals surface area (Å²) in [5.74, 6) is -0.259. The molecule has 0 unspecified atom stereocenters. The van der Waals surface area contributed by atoms with Crippen molar-refractivity contribution >= 4 is 16.9 Å². The number of carbonyl (C=O) groups is 1. The Morgan fingerprint density at radius 1 is 1.13 bits per heavy atom. The lowest BCUT2D eigenvalue weighted by Gasteiger charge is -2.35. The molecular weight excluding hydrogens is 413 g/mol. The number of rotatable bonds is 4. The third kappa shape index (κ3) is 5.23. The molecule has 170 valence electrons. The Hall–Kier alpha value is -2.49. The SMILES string of the molecule is CO[C@H]1CC[C@H](NC(=O)N2CCC(n3ncc4cc(OC(F)(F)F)ccc43)CC2)CC1. The molecule has 10 heteroatoms. The largest absolute Gasteiger partial charge is 0.573 e. The number of amides is 2. The first kappa shape index (κ1) is 21.7. The number of methoxy groups -OCH3 is 1. The summed E-state index contributed by atoms with van der Waals surface area (Å²) < 4.78 is 48.5. The van der Waals surface area contributed by atoms with Crippen molar-refractivity contribution in [3.63, 3.8) is 0 Å². The van der Waals surface area contributed by atoms with Gasteiger partial charge in [0.15, 0.2) is 0 Å². The molecule has 2 amide bonds. The second-order valence-electron chi connectivity index (χ2n) is 8.23. The maximum absolute atomic E-state index is 12.6. The molecule has 31 heavy (non-hydrogen) atoms.